The van der Waals surface area contributed by atoms with Crippen LogP contribution in [0.25, 0.3) is 0 Å². The molecule has 8 heteroatoms. The molecule has 0 aliphatic heterocycles. The summed E-state index contributed by atoms with van der Waals surface area (Å²) in [5.74, 6) is 2.86. The van der Waals surface area contributed by atoms with Gasteiger partial charge in [0, 0.05) is 11.0 Å². The maximum atomic E-state index is 13.2. The van der Waals surface area contributed by atoms with Crippen molar-refractivity contribution in [3.63, 3.8) is 0 Å². The lowest BCUT2D eigenvalue weighted by Crippen LogP contribution is -2.67. The molecule has 2 N–H and O–H groups in total. The molecule has 5 rings (SSSR count). The summed E-state index contributed by atoms with van der Waals surface area (Å²) < 4.78 is 68.2. The van der Waals surface area contributed by atoms with Gasteiger partial charge in [0.2, 0.25) is 0 Å². The van der Waals surface area contributed by atoms with Gasteiger partial charge in [-0.2, -0.15) is 21.6 Å². The van der Waals surface area contributed by atoms with Crippen LogP contribution in [0.4, 0.5) is 13.2 Å². The minimum absolute atomic E-state index is 0.0443. The molecule has 0 bridgehead atoms. The summed E-state index contributed by atoms with van der Waals surface area (Å²) in [5, 5.41) is 0. The van der Waals surface area contributed by atoms with Crippen molar-refractivity contribution in [3.8, 4) is 0 Å². The Morgan fingerprint density at radius 1 is 0.921 bits per heavy atom. The fourth-order valence-corrected chi connectivity index (χ4v) is 12.0. The average Bonchev–Trinajstić information content (AvgIpc) is 3.13. The van der Waals surface area contributed by atoms with Crippen molar-refractivity contribution in [1.82, 2.24) is 0 Å². The van der Waals surface area contributed by atoms with Gasteiger partial charge in [-0.05, 0) is 116 Å². The number of allylic oxidation sites excluding steroid dienone is 2. The molecule has 0 aromatic rings. The Morgan fingerprint density at radius 2 is 1.58 bits per heavy atom. The molecule has 4 nitrogen and oxygen atoms in total. The molecule has 0 saturated heterocycles. The van der Waals surface area contributed by atoms with Crippen molar-refractivity contribution >= 4 is 10.1 Å². The van der Waals surface area contributed by atoms with E-state index >= 15 is 0 Å². The van der Waals surface area contributed by atoms with Crippen LogP contribution in [0.15, 0.2) is 11.8 Å². The van der Waals surface area contributed by atoms with Gasteiger partial charge in [-0.25, -0.2) is 0 Å². The first-order valence-corrected chi connectivity index (χ1v) is 16.2. The first kappa shape index (κ1) is 28.8. The van der Waals surface area contributed by atoms with E-state index in [0.29, 0.717) is 36.0 Å². The molecule has 0 unspecified atom stereocenters. The first-order valence-electron chi connectivity index (χ1n) is 14.7. The van der Waals surface area contributed by atoms with E-state index in [4.69, 9.17) is 9.92 Å². The normalized spacial score (nSPS) is 48.4. The Hall–Kier alpha value is -0.760. The van der Waals surface area contributed by atoms with Gasteiger partial charge in [0.25, 0.3) is 0 Å². The topological polar surface area (TPSA) is 69.4 Å². The Bertz CT molecular complexity index is 1120. The van der Waals surface area contributed by atoms with E-state index in [-0.39, 0.29) is 33.5 Å². The Morgan fingerprint density at radius 3 is 2.18 bits per heavy atom. The number of hydrogen-bond acceptors (Lipinski definition) is 4. The lowest BCUT2D eigenvalue weighted by atomic mass is 9.33. The standard InChI is InChI=1S/C30H48F3NO3S/c1-18(2)19-10-15-29(34)17-16-27(6)20(24(19)29)8-9-22-26(5)13-12-23(37-38(35,36)30(31,32)33)25(3,4)21(26)11-14-28(22,27)7/h12,18-22,24H,8-11,13-17,34H2,1-7H3/t19-,20+,21-,22+,24+,26-,27+,28+,29-/m0/s1. The highest BCUT2D eigenvalue weighted by atomic mass is 32.2. The molecule has 38 heavy (non-hydrogen) atoms. The zero-order valence-corrected chi connectivity index (χ0v) is 25.1. The average molecular weight is 560 g/mol. The first-order chi connectivity index (χ1) is 17.2. The highest BCUT2D eigenvalue weighted by Gasteiger charge is 2.70. The fraction of sp³-hybridized carbons (Fsp3) is 0.933. The van der Waals surface area contributed by atoms with Crippen molar-refractivity contribution in [2.24, 2.45) is 62.9 Å². The number of rotatable bonds is 3. The van der Waals surface area contributed by atoms with E-state index in [9.17, 15) is 21.6 Å². The van der Waals surface area contributed by atoms with Crippen LogP contribution in [0.2, 0.25) is 0 Å². The molecule has 4 fully saturated rings. The summed E-state index contributed by atoms with van der Waals surface area (Å²) in [5.41, 5.74) is 1.03. The lowest BCUT2D eigenvalue weighted by Gasteiger charge is -2.72. The monoisotopic (exact) mass is 559 g/mol. The van der Waals surface area contributed by atoms with Crippen LogP contribution in [0.5, 0.6) is 0 Å². The van der Waals surface area contributed by atoms with Gasteiger partial charge in [-0.1, -0.05) is 48.5 Å². The van der Waals surface area contributed by atoms with E-state index in [2.05, 4.69) is 34.6 Å². The second kappa shape index (κ2) is 8.39. The zero-order valence-electron chi connectivity index (χ0n) is 24.2. The van der Waals surface area contributed by atoms with Gasteiger partial charge < -0.3 is 9.92 Å². The molecule has 0 spiro atoms. The summed E-state index contributed by atoms with van der Waals surface area (Å²) in [4.78, 5) is 0. The molecule has 0 aromatic heterocycles. The minimum Gasteiger partial charge on any atom is -0.380 e. The number of nitrogens with two attached hydrogens (primary N) is 1. The molecular weight excluding hydrogens is 511 g/mol. The Kier molecular flexibility index (Phi) is 6.35. The Balaban J connectivity index is 1.50. The Labute approximate surface area is 227 Å². The summed E-state index contributed by atoms with van der Waals surface area (Å²) >= 11 is 0. The van der Waals surface area contributed by atoms with Crippen molar-refractivity contribution in [3.05, 3.63) is 11.8 Å². The third kappa shape index (κ3) is 3.66. The van der Waals surface area contributed by atoms with Crippen molar-refractivity contribution in [1.29, 1.82) is 0 Å². The highest BCUT2D eigenvalue weighted by Crippen LogP contribution is 2.76. The van der Waals surface area contributed by atoms with Gasteiger partial charge in [0.15, 0.2) is 0 Å². The molecule has 0 aromatic carbocycles. The molecule has 0 radical (unpaired) electrons. The van der Waals surface area contributed by atoms with Crippen LogP contribution in [-0.2, 0) is 14.3 Å². The van der Waals surface area contributed by atoms with Crippen LogP contribution in [0, 0.1) is 57.2 Å². The summed E-state index contributed by atoms with van der Waals surface area (Å²) in [6.45, 7) is 15.8. The van der Waals surface area contributed by atoms with Crippen molar-refractivity contribution in [2.45, 2.75) is 117 Å². The van der Waals surface area contributed by atoms with Crippen molar-refractivity contribution < 1.29 is 25.8 Å². The van der Waals surface area contributed by atoms with E-state index in [1.54, 1.807) is 6.08 Å². The van der Waals surface area contributed by atoms with E-state index < -0.39 is 21.0 Å². The van der Waals surface area contributed by atoms with Crippen molar-refractivity contribution in [2.75, 3.05) is 0 Å². The second-order valence-corrected chi connectivity index (χ2v) is 16.9. The smallest absolute Gasteiger partial charge is 0.380 e. The number of fused-ring (bicyclic) bond motifs is 7. The van der Waals surface area contributed by atoms with Gasteiger partial charge in [-0.3, -0.25) is 0 Å². The van der Waals surface area contributed by atoms with Crippen LogP contribution in [0.1, 0.15) is 106 Å². The predicted molar refractivity (Wildman–Crippen MR) is 143 cm³/mol. The fourth-order valence-electron chi connectivity index (χ4n) is 11.3. The number of halogens is 3. The number of hydrogen-bond donors (Lipinski definition) is 1. The van der Waals surface area contributed by atoms with Crippen LogP contribution in [-0.4, -0.2) is 19.5 Å². The van der Waals surface area contributed by atoms with Gasteiger partial charge in [0.1, 0.15) is 5.76 Å². The molecular formula is C30H48F3NO3S. The van der Waals surface area contributed by atoms with Crippen LogP contribution < -0.4 is 5.73 Å². The lowest BCUT2D eigenvalue weighted by molar-refractivity contribution is -0.223. The van der Waals surface area contributed by atoms with Gasteiger partial charge >= 0.3 is 15.6 Å². The second-order valence-electron chi connectivity index (χ2n) is 15.4. The van der Waals surface area contributed by atoms with E-state index in [1.165, 1.54) is 6.42 Å². The molecule has 218 valence electrons. The predicted octanol–water partition coefficient (Wildman–Crippen LogP) is 7.80. The molecule has 0 heterocycles. The number of alkyl halides is 3. The SMILES string of the molecule is CC(C)[C@@H]1CC[C@]2(N)CC[C@]3(C)[C@H](CC[C@@H]4[C@@]5(C)CC=C(OS(=O)(=O)C(F)(F)F)C(C)(C)[C@@H]5CC[C@]43C)[C@@H]12. The third-order valence-electron chi connectivity index (χ3n) is 13.4. The molecule has 4 saturated carbocycles. The summed E-state index contributed by atoms with van der Waals surface area (Å²) in [6, 6.07) is 0. The van der Waals surface area contributed by atoms with E-state index in [0.717, 1.165) is 44.9 Å². The summed E-state index contributed by atoms with van der Waals surface area (Å²) in [6.07, 6.45) is 10.9. The van der Waals surface area contributed by atoms with Gasteiger partial charge in [-0.15, -0.1) is 0 Å². The maximum absolute atomic E-state index is 13.2. The van der Waals surface area contributed by atoms with Gasteiger partial charge in [0.05, 0.1) is 0 Å². The van der Waals surface area contributed by atoms with Crippen LogP contribution in [0.3, 0.4) is 0 Å². The van der Waals surface area contributed by atoms with Crippen LogP contribution >= 0.6 is 0 Å². The quantitative estimate of drug-likeness (QED) is 0.283. The molecule has 5 aliphatic carbocycles. The largest absolute Gasteiger partial charge is 0.534 e. The molecule has 0 amide bonds. The highest BCUT2D eigenvalue weighted by molar-refractivity contribution is 7.87. The molecule has 5 aliphatic rings. The van der Waals surface area contributed by atoms with E-state index in [1.807, 2.05) is 13.8 Å². The summed E-state index contributed by atoms with van der Waals surface area (Å²) in [7, 11) is -5.69. The maximum Gasteiger partial charge on any atom is 0.534 e. The third-order valence-corrected chi connectivity index (χ3v) is 14.4. The zero-order chi connectivity index (χ0) is 28.3. The molecule has 9 atom stereocenters. The minimum atomic E-state index is -5.69.